The minimum Gasteiger partial charge on any atom is -0.389 e. The fourth-order valence-corrected chi connectivity index (χ4v) is 1.93. The van der Waals surface area contributed by atoms with Crippen LogP contribution in [0.3, 0.4) is 0 Å². The number of halogens is 2. The van der Waals surface area contributed by atoms with Gasteiger partial charge < -0.3 is 10.4 Å². The number of aliphatic hydroxyl groups is 1. The molecular weight excluding hydrogens is 257 g/mol. The maximum absolute atomic E-state index is 9.81. The molecule has 0 amide bonds. The Labute approximate surface area is 113 Å². The van der Waals surface area contributed by atoms with E-state index in [1.54, 1.807) is 6.07 Å². The topological polar surface area (TPSA) is 32.3 Å². The molecule has 0 spiro atoms. The largest absolute Gasteiger partial charge is 0.389 e. The summed E-state index contributed by atoms with van der Waals surface area (Å²) in [7, 11) is 0. The lowest BCUT2D eigenvalue weighted by Gasteiger charge is -2.21. The monoisotopic (exact) mass is 275 g/mol. The number of rotatable bonds is 6. The molecule has 2 nitrogen and oxygen atoms in total. The second kappa shape index (κ2) is 6.60. The normalized spacial score (nSPS) is 14.6. The van der Waals surface area contributed by atoms with Gasteiger partial charge >= 0.3 is 0 Å². The third-order valence-corrected chi connectivity index (χ3v) is 3.44. The van der Waals surface area contributed by atoms with E-state index in [9.17, 15) is 5.11 Å². The highest BCUT2D eigenvalue weighted by molar-refractivity contribution is 6.35. The van der Waals surface area contributed by atoms with Crippen molar-refractivity contribution in [3.05, 3.63) is 33.8 Å². The van der Waals surface area contributed by atoms with Crippen LogP contribution in [0.4, 0.5) is 0 Å². The lowest BCUT2D eigenvalue weighted by molar-refractivity contribution is 0.0561. The quantitative estimate of drug-likeness (QED) is 0.781. The smallest absolute Gasteiger partial charge is 0.0740 e. The van der Waals surface area contributed by atoms with Crippen LogP contribution in [0.2, 0.25) is 10.0 Å². The molecular formula is C13H19Cl2NO. The molecule has 0 aliphatic carbocycles. The van der Waals surface area contributed by atoms with Crippen molar-refractivity contribution in [3.63, 3.8) is 0 Å². The third-order valence-electron chi connectivity index (χ3n) is 2.85. The molecule has 0 aromatic heterocycles. The second-order valence-corrected chi connectivity index (χ2v) is 5.36. The molecule has 1 aromatic carbocycles. The Morgan fingerprint density at radius 1 is 1.35 bits per heavy atom. The van der Waals surface area contributed by atoms with E-state index in [0.717, 1.165) is 24.9 Å². The molecule has 2 N–H and O–H groups in total. The summed E-state index contributed by atoms with van der Waals surface area (Å²) in [6, 6.07) is 5.52. The summed E-state index contributed by atoms with van der Waals surface area (Å²) in [5.74, 6) is 0. The van der Waals surface area contributed by atoms with Crippen LogP contribution < -0.4 is 5.32 Å². The summed E-state index contributed by atoms with van der Waals surface area (Å²) in [6.07, 6.45) is 1.57. The molecule has 96 valence electrons. The molecule has 4 heteroatoms. The van der Waals surface area contributed by atoms with Crippen LogP contribution in [-0.2, 0) is 6.42 Å². The zero-order chi connectivity index (χ0) is 12.9. The van der Waals surface area contributed by atoms with E-state index in [1.807, 2.05) is 26.0 Å². The van der Waals surface area contributed by atoms with E-state index in [-0.39, 0.29) is 0 Å². The molecule has 1 unspecified atom stereocenters. The van der Waals surface area contributed by atoms with E-state index < -0.39 is 5.60 Å². The number of hydrogen-bond acceptors (Lipinski definition) is 2. The van der Waals surface area contributed by atoms with Gasteiger partial charge in [0.1, 0.15) is 0 Å². The average molecular weight is 276 g/mol. The standard InChI is InChI=1S/C13H19Cl2NO/c1-3-13(2,17)9-16-7-6-10-4-5-11(14)8-12(10)15/h4-5,8,16-17H,3,6-7,9H2,1-2H3. The summed E-state index contributed by atoms with van der Waals surface area (Å²) >= 11 is 11.9. The molecule has 1 atom stereocenters. The van der Waals surface area contributed by atoms with Crippen LogP contribution in [0.1, 0.15) is 25.8 Å². The summed E-state index contributed by atoms with van der Waals surface area (Å²) < 4.78 is 0. The maximum Gasteiger partial charge on any atom is 0.0740 e. The lowest BCUT2D eigenvalue weighted by atomic mass is 10.0. The van der Waals surface area contributed by atoms with Crippen molar-refractivity contribution in [2.75, 3.05) is 13.1 Å². The lowest BCUT2D eigenvalue weighted by Crippen LogP contribution is -2.37. The molecule has 0 radical (unpaired) electrons. The van der Waals surface area contributed by atoms with Gasteiger partial charge in [0, 0.05) is 16.6 Å². The molecule has 0 saturated heterocycles. The fraction of sp³-hybridized carbons (Fsp3) is 0.538. The maximum atomic E-state index is 9.81. The predicted octanol–water partition coefficient (Wildman–Crippen LogP) is 3.29. The van der Waals surface area contributed by atoms with Crippen molar-refractivity contribution < 1.29 is 5.11 Å². The van der Waals surface area contributed by atoms with Gasteiger partial charge in [-0.05, 0) is 44.0 Å². The summed E-state index contributed by atoms with van der Waals surface area (Å²) in [4.78, 5) is 0. The second-order valence-electron chi connectivity index (χ2n) is 4.51. The van der Waals surface area contributed by atoms with Crippen LogP contribution in [0.5, 0.6) is 0 Å². The van der Waals surface area contributed by atoms with Gasteiger partial charge in [0.15, 0.2) is 0 Å². The number of hydrogen-bond donors (Lipinski definition) is 2. The minimum absolute atomic E-state index is 0.592. The minimum atomic E-state index is -0.635. The Morgan fingerprint density at radius 3 is 2.65 bits per heavy atom. The number of nitrogens with one attached hydrogen (secondary N) is 1. The first-order valence-corrected chi connectivity index (χ1v) is 6.57. The molecule has 0 bridgehead atoms. The first kappa shape index (κ1) is 14.8. The Balaban J connectivity index is 2.36. The highest BCUT2D eigenvalue weighted by atomic mass is 35.5. The SMILES string of the molecule is CCC(C)(O)CNCCc1ccc(Cl)cc1Cl. The Kier molecular flexibility index (Phi) is 5.74. The molecule has 0 fully saturated rings. The first-order valence-electron chi connectivity index (χ1n) is 5.81. The van der Waals surface area contributed by atoms with E-state index in [0.29, 0.717) is 16.6 Å². The zero-order valence-corrected chi connectivity index (χ0v) is 11.8. The Bertz CT molecular complexity index is 366. The molecule has 1 rings (SSSR count). The van der Waals surface area contributed by atoms with E-state index in [1.165, 1.54) is 0 Å². The molecule has 0 heterocycles. The third kappa shape index (κ3) is 5.26. The van der Waals surface area contributed by atoms with Crippen molar-refractivity contribution in [2.45, 2.75) is 32.3 Å². The molecule has 0 aliphatic heterocycles. The van der Waals surface area contributed by atoms with Crippen molar-refractivity contribution in [3.8, 4) is 0 Å². The fourth-order valence-electron chi connectivity index (χ4n) is 1.43. The molecule has 0 aliphatic rings. The van der Waals surface area contributed by atoms with Gasteiger partial charge in [0.25, 0.3) is 0 Å². The molecule has 0 saturated carbocycles. The summed E-state index contributed by atoms with van der Waals surface area (Å²) in [5, 5.41) is 14.4. The van der Waals surface area contributed by atoms with E-state index >= 15 is 0 Å². The van der Waals surface area contributed by atoms with Gasteiger partial charge in [-0.2, -0.15) is 0 Å². The molecule has 1 aromatic rings. The van der Waals surface area contributed by atoms with Crippen molar-refractivity contribution in [1.82, 2.24) is 5.32 Å². The Morgan fingerprint density at radius 2 is 2.06 bits per heavy atom. The predicted molar refractivity (Wildman–Crippen MR) is 74.0 cm³/mol. The van der Waals surface area contributed by atoms with Crippen molar-refractivity contribution in [2.24, 2.45) is 0 Å². The van der Waals surface area contributed by atoms with E-state index in [4.69, 9.17) is 23.2 Å². The Hall–Kier alpha value is -0.280. The summed E-state index contributed by atoms with van der Waals surface area (Å²) in [6.45, 7) is 5.18. The van der Waals surface area contributed by atoms with Crippen LogP contribution in [0, 0.1) is 0 Å². The average Bonchev–Trinajstić information content (AvgIpc) is 2.27. The highest BCUT2D eigenvalue weighted by Gasteiger charge is 2.16. The van der Waals surface area contributed by atoms with Gasteiger partial charge in [0.2, 0.25) is 0 Å². The van der Waals surface area contributed by atoms with Gasteiger partial charge in [0.05, 0.1) is 5.60 Å². The van der Waals surface area contributed by atoms with Gasteiger partial charge in [-0.1, -0.05) is 36.2 Å². The summed E-state index contributed by atoms with van der Waals surface area (Å²) in [5.41, 5.74) is 0.434. The van der Waals surface area contributed by atoms with Gasteiger partial charge in [-0.25, -0.2) is 0 Å². The van der Waals surface area contributed by atoms with Gasteiger partial charge in [-0.15, -0.1) is 0 Å². The molecule has 17 heavy (non-hydrogen) atoms. The zero-order valence-electron chi connectivity index (χ0n) is 10.3. The number of benzene rings is 1. The van der Waals surface area contributed by atoms with E-state index in [2.05, 4.69) is 5.32 Å². The van der Waals surface area contributed by atoms with Crippen LogP contribution >= 0.6 is 23.2 Å². The van der Waals surface area contributed by atoms with Crippen LogP contribution in [0.15, 0.2) is 18.2 Å². The van der Waals surface area contributed by atoms with Crippen LogP contribution in [-0.4, -0.2) is 23.8 Å². The van der Waals surface area contributed by atoms with Crippen molar-refractivity contribution in [1.29, 1.82) is 0 Å². The van der Waals surface area contributed by atoms with Crippen LogP contribution in [0.25, 0.3) is 0 Å². The first-order chi connectivity index (χ1) is 7.94. The highest BCUT2D eigenvalue weighted by Crippen LogP contribution is 2.21. The van der Waals surface area contributed by atoms with Gasteiger partial charge in [-0.3, -0.25) is 0 Å². The van der Waals surface area contributed by atoms with Crippen molar-refractivity contribution >= 4 is 23.2 Å².